The molecule has 0 aliphatic rings. The highest BCUT2D eigenvalue weighted by Crippen LogP contribution is 2.02. The van der Waals surface area contributed by atoms with Crippen LogP contribution in [0.4, 0.5) is 0 Å². The van der Waals surface area contributed by atoms with Crippen LogP contribution in [-0.4, -0.2) is 58.0 Å². The number of hydrogen-bond donors (Lipinski definition) is 1. The highest BCUT2D eigenvalue weighted by molar-refractivity contribution is 4.66. The summed E-state index contributed by atoms with van der Waals surface area (Å²) in [6.45, 7) is 6.54. The van der Waals surface area contributed by atoms with Crippen molar-refractivity contribution < 1.29 is 9.47 Å². The van der Waals surface area contributed by atoms with Crippen LogP contribution < -0.4 is 5.73 Å². The maximum Gasteiger partial charge on any atom is 0.0615 e. The van der Waals surface area contributed by atoms with E-state index in [4.69, 9.17) is 15.2 Å². The summed E-state index contributed by atoms with van der Waals surface area (Å²) in [5, 5.41) is 0. The van der Waals surface area contributed by atoms with E-state index in [0.29, 0.717) is 6.04 Å². The third-order valence-electron chi connectivity index (χ3n) is 2.51. The summed E-state index contributed by atoms with van der Waals surface area (Å²) in [5.41, 5.74) is 5.48. The van der Waals surface area contributed by atoms with Gasteiger partial charge in [0.2, 0.25) is 0 Å². The van der Waals surface area contributed by atoms with Crippen molar-refractivity contribution >= 4 is 0 Å². The van der Waals surface area contributed by atoms with Crippen LogP contribution in [0.1, 0.15) is 19.8 Å². The second-order valence-corrected chi connectivity index (χ2v) is 3.83. The van der Waals surface area contributed by atoms with E-state index in [1.165, 1.54) is 0 Å². The minimum atomic E-state index is 0.447. The average Bonchev–Trinajstić information content (AvgIpc) is 2.23. The largest absolute Gasteiger partial charge is 0.383 e. The Balaban J connectivity index is 3.81. The van der Waals surface area contributed by atoms with E-state index >= 15 is 0 Å². The highest BCUT2D eigenvalue weighted by Gasteiger charge is 2.12. The van der Waals surface area contributed by atoms with Crippen molar-refractivity contribution in [2.24, 2.45) is 5.73 Å². The van der Waals surface area contributed by atoms with Crippen LogP contribution in [0.15, 0.2) is 0 Å². The second kappa shape index (κ2) is 10.4. The summed E-state index contributed by atoms with van der Waals surface area (Å²) in [6.07, 6.45) is 2.23. The Hall–Kier alpha value is -0.160. The van der Waals surface area contributed by atoms with E-state index in [2.05, 4.69) is 11.8 Å². The van der Waals surface area contributed by atoms with Gasteiger partial charge in [-0.15, -0.1) is 0 Å². The third-order valence-corrected chi connectivity index (χ3v) is 2.51. The molecule has 0 aliphatic heterocycles. The minimum Gasteiger partial charge on any atom is -0.383 e. The molecule has 0 amide bonds. The van der Waals surface area contributed by atoms with Crippen LogP contribution in [0.3, 0.4) is 0 Å². The Morgan fingerprint density at radius 1 is 1.13 bits per heavy atom. The number of methoxy groups -OCH3 is 2. The Morgan fingerprint density at radius 2 is 1.87 bits per heavy atom. The first kappa shape index (κ1) is 14.8. The van der Waals surface area contributed by atoms with Crippen LogP contribution in [0.2, 0.25) is 0 Å². The lowest BCUT2D eigenvalue weighted by molar-refractivity contribution is 0.0742. The van der Waals surface area contributed by atoms with Crippen LogP contribution >= 0.6 is 0 Å². The molecular formula is C11H26N2O2. The molecule has 0 aromatic rings. The van der Waals surface area contributed by atoms with Crippen LogP contribution in [0, 0.1) is 0 Å². The fourth-order valence-corrected chi connectivity index (χ4v) is 1.57. The topological polar surface area (TPSA) is 47.7 Å². The van der Waals surface area contributed by atoms with Gasteiger partial charge in [-0.2, -0.15) is 0 Å². The molecule has 0 saturated heterocycles. The molecule has 0 radical (unpaired) electrons. The molecule has 0 spiro atoms. The summed E-state index contributed by atoms with van der Waals surface area (Å²) in [4.78, 5) is 2.39. The summed E-state index contributed by atoms with van der Waals surface area (Å²) >= 11 is 0. The van der Waals surface area contributed by atoms with Crippen molar-refractivity contribution in [3.8, 4) is 0 Å². The molecule has 0 saturated carbocycles. The van der Waals surface area contributed by atoms with Gasteiger partial charge in [-0.3, -0.25) is 4.90 Å². The lowest BCUT2D eigenvalue weighted by Gasteiger charge is -2.28. The summed E-state index contributed by atoms with van der Waals surface area (Å²) in [5.74, 6) is 0. The SMILES string of the molecule is COCCN(CCCCN)C(C)COC. The Bertz CT molecular complexity index is 134. The predicted molar refractivity (Wildman–Crippen MR) is 63.1 cm³/mol. The van der Waals surface area contributed by atoms with E-state index in [0.717, 1.165) is 45.7 Å². The number of unbranched alkanes of at least 4 members (excludes halogenated alkanes) is 1. The Morgan fingerprint density at radius 3 is 2.40 bits per heavy atom. The monoisotopic (exact) mass is 218 g/mol. The number of rotatable bonds is 10. The minimum absolute atomic E-state index is 0.447. The van der Waals surface area contributed by atoms with E-state index in [-0.39, 0.29) is 0 Å². The van der Waals surface area contributed by atoms with Gasteiger partial charge in [0.05, 0.1) is 13.2 Å². The van der Waals surface area contributed by atoms with Crippen molar-refractivity contribution in [3.63, 3.8) is 0 Å². The number of nitrogens with zero attached hydrogens (tertiary/aromatic N) is 1. The van der Waals surface area contributed by atoms with Gasteiger partial charge in [0.1, 0.15) is 0 Å². The van der Waals surface area contributed by atoms with Crippen LogP contribution in [0.25, 0.3) is 0 Å². The molecule has 1 unspecified atom stereocenters. The molecule has 15 heavy (non-hydrogen) atoms. The Kier molecular flexibility index (Phi) is 10.3. The maximum absolute atomic E-state index is 5.48. The smallest absolute Gasteiger partial charge is 0.0615 e. The van der Waals surface area contributed by atoms with Gasteiger partial charge in [-0.1, -0.05) is 0 Å². The molecule has 0 aliphatic carbocycles. The molecule has 2 N–H and O–H groups in total. The van der Waals surface area contributed by atoms with Gasteiger partial charge >= 0.3 is 0 Å². The molecule has 1 atom stereocenters. The summed E-state index contributed by atoms with van der Waals surface area (Å²) in [7, 11) is 3.48. The predicted octanol–water partition coefficient (Wildman–Crippen LogP) is 0.709. The van der Waals surface area contributed by atoms with E-state index in [1.54, 1.807) is 14.2 Å². The van der Waals surface area contributed by atoms with Gasteiger partial charge in [0.25, 0.3) is 0 Å². The summed E-state index contributed by atoms with van der Waals surface area (Å²) < 4.78 is 10.3. The quantitative estimate of drug-likeness (QED) is 0.549. The molecule has 0 rings (SSSR count). The molecule has 0 fully saturated rings. The van der Waals surface area contributed by atoms with E-state index in [9.17, 15) is 0 Å². The van der Waals surface area contributed by atoms with Crippen molar-refractivity contribution in [2.45, 2.75) is 25.8 Å². The van der Waals surface area contributed by atoms with Crippen LogP contribution in [-0.2, 0) is 9.47 Å². The van der Waals surface area contributed by atoms with Gasteiger partial charge in [-0.05, 0) is 32.9 Å². The number of nitrogens with two attached hydrogens (primary N) is 1. The normalized spacial score (nSPS) is 13.4. The zero-order valence-corrected chi connectivity index (χ0v) is 10.4. The molecule has 0 aromatic heterocycles. The average molecular weight is 218 g/mol. The van der Waals surface area contributed by atoms with Crippen LogP contribution in [0.5, 0.6) is 0 Å². The first-order chi connectivity index (χ1) is 7.26. The third kappa shape index (κ3) is 7.73. The number of hydrogen-bond acceptors (Lipinski definition) is 4. The van der Waals surface area contributed by atoms with E-state index in [1.807, 2.05) is 0 Å². The molecule has 4 heteroatoms. The summed E-state index contributed by atoms with van der Waals surface area (Å²) in [6, 6.07) is 0.447. The van der Waals surface area contributed by atoms with Gasteiger partial charge < -0.3 is 15.2 Å². The standard InChI is InChI=1S/C11H26N2O2/c1-11(10-15-3)13(8-9-14-2)7-5-4-6-12/h11H,4-10,12H2,1-3H3. The zero-order chi connectivity index (χ0) is 11.5. The first-order valence-electron chi connectivity index (χ1n) is 5.68. The fourth-order valence-electron chi connectivity index (χ4n) is 1.57. The highest BCUT2D eigenvalue weighted by atomic mass is 16.5. The van der Waals surface area contributed by atoms with Gasteiger partial charge in [0, 0.05) is 26.8 Å². The van der Waals surface area contributed by atoms with Crippen molar-refractivity contribution in [1.82, 2.24) is 4.90 Å². The van der Waals surface area contributed by atoms with Gasteiger partial charge in [0.15, 0.2) is 0 Å². The lowest BCUT2D eigenvalue weighted by Crippen LogP contribution is -2.39. The second-order valence-electron chi connectivity index (χ2n) is 3.83. The number of ether oxygens (including phenoxy) is 2. The molecule has 4 nitrogen and oxygen atoms in total. The molecule has 0 aromatic carbocycles. The molecule has 0 heterocycles. The molecule has 92 valence electrons. The van der Waals surface area contributed by atoms with Crippen molar-refractivity contribution in [2.75, 3.05) is 47.1 Å². The molecular weight excluding hydrogens is 192 g/mol. The van der Waals surface area contributed by atoms with Crippen molar-refractivity contribution in [3.05, 3.63) is 0 Å². The lowest BCUT2D eigenvalue weighted by atomic mass is 10.2. The van der Waals surface area contributed by atoms with Gasteiger partial charge in [-0.25, -0.2) is 0 Å². The Labute approximate surface area is 93.7 Å². The van der Waals surface area contributed by atoms with Crippen molar-refractivity contribution in [1.29, 1.82) is 0 Å². The van der Waals surface area contributed by atoms with E-state index < -0.39 is 0 Å². The maximum atomic E-state index is 5.48. The molecule has 0 bridgehead atoms. The fraction of sp³-hybridized carbons (Fsp3) is 1.00. The zero-order valence-electron chi connectivity index (χ0n) is 10.4. The first-order valence-corrected chi connectivity index (χ1v) is 5.68.